The van der Waals surface area contributed by atoms with Crippen LogP contribution >= 0.6 is 0 Å². The normalized spacial score (nSPS) is 10.0. The summed E-state index contributed by atoms with van der Waals surface area (Å²) in [5.74, 6) is -1.30. The van der Waals surface area contributed by atoms with E-state index < -0.39 is 11.9 Å². The highest BCUT2D eigenvalue weighted by molar-refractivity contribution is 5.93. The first-order chi connectivity index (χ1) is 7.91. The second kappa shape index (κ2) is 5.34. The van der Waals surface area contributed by atoms with Crippen LogP contribution in [0.3, 0.4) is 0 Å². The van der Waals surface area contributed by atoms with Crippen molar-refractivity contribution in [1.82, 2.24) is 0 Å². The van der Waals surface area contributed by atoms with Crippen LogP contribution in [0.5, 0.6) is 0 Å². The predicted octanol–water partition coefficient (Wildman–Crippen LogP) is 1.00. The molecule has 1 rings (SSSR count). The molecule has 5 heteroatoms. The van der Waals surface area contributed by atoms with Crippen molar-refractivity contribution in [2.75, 3.05) is 18.5 Å². The highest BCUT2D eigenvalue weighted by atomic mass is 16.4. The van der Waals surface area contributed by atoms with Crippen molar-refractivity contribution in [3.63, 3.8) is 0 Å². The largest absolute Gasteiger partial charge is 0.481 e. The van der Waals surface area contributed by atoms with E-state index in [1.807, 2.05) is 18.9 Å². The van der Waals surface area contributed by atoms with Crippen LogP contribution in [0.2, 0.25) is 0 Å². The van der Waals surface area contributed by atoms with Gasteiger partial charge in [0.25, 0.3) is 0 Å². The summed E-state index contributed by atoms with van der Waals surface area (Å²) < 4.78 is 0. The van der Waals surface area contributed by atoms with Gasteiger partial charge in [-0.3, -0.25) is 9.59 Å². The molecule has 0 saturated carbocycles. The third-order valence-corrected chi connectivity index (χ3v) is 2.55. The van der Waals surface area contributed by atoms with Crippen LogP contribution in [0.1, 0.15) is 22.3 Å². The van der Waals surface area contributed by atoms with Crippen LogP contribution in [0.15, 0.2) is 18.2 Å². The molecule has 3 N–H and O–H groups in total. The SMILES string of the molecule is Cc1cc(C(N)=O)ccc1N(C)CCC(=O)O. The number of anilines is 1. The molecule has 0 aliphatic rings. The first-order valence-corrected chi connectivity index (χ1v) is 5.25. The number of benzene rings is 1. The Morgan fingerprint density at radius 3 is 2.53 bits per heavy atom. The molecule has 1 amide bonds. The summed E-state index contributed by atoms with van der Waals surface area (Å²) in [5, 5.41) is 8.61. The summed E-state index contributed by atoms with van der Waals surface area (Å²) in [6, 6.07) is 5.12. The second-order valence-corrected chi connectivity index (χ2v) is 3.93. The Balaban J connectivity index is 2.84. The van der Waals surface area contributed by atoms with Gasteiger partial charge >= 0.3 is 5.97 Å². The standard InChI is InChI=1S/C12H16N2O3/c1-8-7-9(12(13)17)3-4-10(8)14(2)6-5-11(15)16/h3-4,7H,5-6H2,1-2H3,(H2,13,17)(H,15,16). The highest BCUT2D eigenvalue weighted by Crippen LogP contribution is 2.20. The van der Waals surface area contributed by atoms with E-state index in [9.17, 15) is 9.59 Å². The van der Waals surface area contributed by atoms with Gasteiger partial charge in [-0.05, 0) is 30.7 Å². The zero-order valence-corrected chi connectivity index (χ0v) is 9.93. The number of nitrogens with two attached hydrogens (primary N) is 1. The zero-order chi connectivity index (χ0) is 13.0. The van der Waals surface area contributed by atoms with Crippen molar-refractivity contribution in [1.29, 1.82) is 0 Å². The average Bonchev–Trinajstić information content (AvgIpc) is 2.25. The molecule has 0 aromatic heterocycles. The lowest BCUT2D eigenvalue weighted by Crippen LogP contribution is -2.22. The van der Waals surface area contributed by atoms with E-state index in [4.69, 9.17) is 10.8 Å². The Bertz CT molecular complexity index is 443. The molecule has 0 aliphatic heterocycles. The number of hydrogen-bond acceptors (Lipinski definition) is 3. The molecular weight excluding hydrogens is 220 g/mol. The minimum Gasteiger partial charge on any atom is -0.481 e. The van der Waals surface area contributed by atoms with Gasteiger partial charge in [-0.2, -0.15) is 0 Å². The number of carboxylic acids is 1. The first-order valence-electron chi connectivity index (χ1n) is 5.25. The molecule has 1 aromatic carbocycles. The van der Waals surface area contributed by atoms with Gasteiger partial charge in [0.2, 0.25) is 5.91 Å². The van der Waals surface area contributed by atoms with Crippen LogP contribution in [-0.2, 0) is 4.79 Å². The Morgan fingerprint density at radius 1 is 1.41 bits per heavy atom. The molecule has 1 aromatic rings. The fourth-order valence-corrected chi connectivity index (χ4v) is 1.62. The van der Waals surface area contributed by atoms with Gasteiger partial charge in [0, 0.05) is 24.8 Å². The number of hydrogen-bond donors (Lipinski definition) is 2. The van der Waals surface area contributed by atoms with E-state index in [0.29, 0.717) is 12.1 Å². The predicted molar refractivity (Wildman–Crippen MR) is 65.2 cm³/mol. The van der Waals surface area contributed by atoms with E-state index in [2.05, 4.69) is 0 Å². The Kier molecular flexibility index (Phi) is 4.09. The van der Waals surface area contributed by atoms with Crippen LogP contribution in [-0.4, -0.2) is 30.6 Å². The summed E-state index contributed by atoms with van der Waals surface area (Å²) in [7, 11) is 1.81. The molecule has 0 saturated heterocycles. The van der Waals surface area contributed by atoms with Crippen LogP contribution < -0.4 is 10.6 Å². The number of aliphatic carboxylic acids is 1. The maximum Gasteiger partial charge on any atom is 0.305 e. The van der Waals surface area contributed by atoms with Crippen molar-refractivity contribution in [3.8, 4) is 0 Å². The number of amides is 1. The smallest absolute Gasteiger partial charge is 0.305 e. The molecule has 0 atom stereocenters. The Morgan fingerprint density at radius 2 is 2.06 bits per heavy atom. The lowest BCUT2D eigenvalue weighted by Gasteiger charge is -2.20. The lowest BCUT2D eigenvalue weighted by molar-refractivity contribution is -0.136. The van der Waals surface area contributed by atoms with Crippen LogP contribution in [0, 0.1) is 6.92 Å². The van der Waals surface area contributed by atoms with Crippen molar-refractivity contribution < 1.29 is 14.7 Å². The number of rotatable bonds is 5. The molecule has 0 radical (unpaired) electrons. The molecular formula is C12H16N2O3. The minimum atomic E-state index is -0.830. The molecule has 0 unspecified atom stereocenters. The second-order valence-electron chi connectivity index (χ2n) is 3.93. The molecule has 5 nitrogen and oxygen atoms in total. The maximum absolute atomic E-state index is 11.0. The summed E-state index contributed by atoms with van der Waals surface area (Å²) in [6.45, 7) is 2.28. The quantitative estimate of drug-likeness (QED) is 0.799. The average molecular weight is 236 g/mol. The number of nitrogens with zero attached hydrogens (tertiary/aromatic N) is 1. The fraction of sp³-hybridized carbons (Fsp3) is 0.333. The molecule has 17 heavy (non-hydrogen) atoms. The molecule has 0 spiro atoms. The van der Waals surface area contributed by atoms with E-state index in [0.717, 1.165) is 11.3 Å². The summed E-state index contributed by atoms with van der Waals surface area (Å²) >= 11 is 0. The van der Waals surface area contributed by atoms with Gasteiger partial charge in [0.15, 0.2) is 0 Å². The first kappa shape index (κ1) is 13.0. The fourth-order valence-electron chi connectivity index (χ4n) is 1.62. The summed E-state index contributed by atoms with van der Waals surface area (Å²) in [4.78, 5) is 23.3. The third kappa shape index (κ3) is 3.48. The topological polar surface area (TPSA) is 83.6 Å². The van der Waals surface area contributed by atoms with Gasteiger partial charge < -0.3 is 15.7 Å². The molecule has 0 bridgehead atoms. The number of carboxylic acid groups (broad SMARTS) is 1. The van der Waals surface area contributed by atoms with Crippen LogP contribution in [0.25, 0.3) is 0 Å². The van der Waals surface area contributed by atoms with Crippen molar-refractivity contribution >= 4 is 17.6 Å². The van der Waals surface area contributed by atoms with Gasteiger partial charge in [0.1, 0.15) is 0 Å². The Labute approximate surface area is 99.8 Å². The third-order valence-electron chi connectivity index (χ3n) is 2.55. The maximum atomic E-state index is 11.0. The number of primary amides is 1. The van der Waals surface area contributed by atoms with Gasteiger partial charge in [0.05, 0.1) is 6.42 Å². The number of carbonyl (C=O) groups is 2. The molecule has 0 aliphatic carbocycles. The molecule has 92 valence electrons. The van der Waals surface area contributed by atoms with E-state index in [1.165, 1.54) is 0 Å². The summed E-state index contributed by atoms with van der Waals surface area (Å²) in [6.07, 6.45) is 0.0769. The number of carbonyl (C=O) groups excluding carboxylic acids is 1. The van der Waals surface area contributed by atoms with E-state index in [1.54, 1.807) is 18.2 Å². The molecule has 0 fully saturated rings. The summed E-state index contributed by atoms with van der Waals surface area (Å²) in [5.41, 5.74) is 7.43. The van der Waals surface area contributed by atoms with Gasteiger partial charge in [-0.15, -0.1) is 0 Å². The van der Waals surface area contributed by atoms with Crippen molar-refractivity contribution in [2.24, 2.45) is 5.73 Å². The minimum absolute atomic E-state index is 0.0769. The van der Waals surface area contributed by atoms with Crippen molar-refractivity contribution in [3.05, 3.63) is 29.3 Å². The van der Waals surface area contributed by atoms with E-state index >= 15 is 0 Å². The van der Waals surface area contributed by atoms with Gasteiger partial charge in [-0.1, -0.05) is 0 Å². The number of aryl methyl sites for hydroxylation is 1. The monoisotopic (exact) mass is 236 g/mol. The lowest BCUT2D eigenvalue weighted by atomic mass is 10.1. The zero-order valence-electron chi connectivity index (χ0n) is 9.93. The van der Waals surface area contributed by atoms with Gasteiger partial charge in [-0.25, -0.2) is 0 Å². The van der Waals surface area contributed by atoms with Crippen molar-refractivity contribution in [2.45, 2.75) is 13.3 Å². The highest BCUT2D eigenvalue weighted by Gasteiger charge is 2.08. The van der Waals surface area contributed by atoms with Crippen LogP contribution in [0.4, 0.5) is 5.69 Å². The van der Waals surface area contributed by atoms with E-state index in [-0.39, 0.29) is 6.42 Å². The molecule has 0 heterocycles. The Hall–Kier alpha value is -2.04.